The van der Waals surface area contributed by atoms with Gasteiger partial charge < -0.3 is 5.73 Å². The normalized spacial score (nSPS) is 32.0. The summed E-state index contributed by atoms with van der Waals surface area (Å²) in [5.41, 5.74) is 5.78. The van der Waals surface area contributed by atoms with Crippen LogP contribution in [-0.4, -0.2) is 22.2 Å². The molecule has 0 aromatic heterocycles. The first-order chi connectivity index (χ1) is 4.29. The lowest BCUT2D eigenvalue weighted by atomic mass is 10.2. The number of hydrogen-bond donors (Lipinski definition) is 1. The Balaban J connectivity index is 2.29. The molecule has 0 bridgehead atoms. The van der Waals surface area contributed by atoms with Crippen LogP contribution in [0.25, 0.3) is 0 Å². The SMILES string of the molecule is NC1CCCCN(I)C1. The molecular weight excluding hydrogens is 227 g/mol. The number of hydrogen-bond acceptors (Lipinski definition) is 2. The summed E-state index contributed by atoms with van der Waals surface area (Å²) in [5.74, 6) is 0. The Bertz CT molecular complexity index is 77.1. The van der Waals surface area contributed by atoms with Crippen LogP contribution < -0.4 is 5.73 Å². The first-order valence-corrected chi connectivity index (χ1v) is 4.42. The van der Waals surface area contributed by atoms with Crippen molar-refractivity contribution in [1.29, 1.82) is 0 Å². The summed E-state index contributed by atoms with van der Waals surface area (Å²) in [7, 11) is 0. The highest BCUT2D eigenvalue weighted by atomic mass is 127. The first kappa shape index (κ1) is 7.75. The van der Waals surface area contributed by atoms with Crippen molar-refractivity contribution in [2.45, 2.75) is 25.3 Å². The molecular formula is C6H13IN2. The molecule has 0 saturated carbocycles. The largest absolute Gasteiger partial charge is 0.327 e. The maximum Gasteiger partial charge on any atom is 0.0233 e. The molecule has 1 aliphatic rings. The monoisotopic (exact) mass is 240 g/mol. The Morgan fingerprint density at radius 1 is 1.44 bits per heavy atom. The first-order valence-electron chi connectivity index (χ1n) is 3.45. The number of nitrogens with two attached hydrogens (primary N) is 1. The van der Waals surface area contributed by atoms with Crippen molar-refractivity contribution in [1.82, 2.24) is 3.11 Å². The van der Waals surface area contributed by atoms with Gasteiger partial charge in [-0.1, -0.05) is 6.42 Å². The van der Waals surface area contributed by atoms with Crippen LogP contribution in [-0.2, 0) is 0 Å². The molecule has 0 aromatic rings. The van der Waals surface area contributed by atoms with Gasteiger partial charge in [0.05, 0.1) is 0 Å². The van der Waals surface area contributed by atoms with Gasteiger partial charge in [0.25, 0.3) is 0 Å². The van der Waals surface area contributed by atoms with Gasteiger partial charge in [0, 0.05) is 42.0 Å². The lowest BCUT2D eigenvalue weighted by molar-refractivity contribution is 0.492. The van der Waals surface area contributed by atoms with Gasteiger partial charge in [0.2, 0.25) is 0 Å². The topological polar surface area (TPSA) is 29.3 Å². The van der Waals surface area contributed by atoms with Crippen molar-refractivity contribution >= 4 is 22.9 Å². The maximum atomic E-state index is 5.78. The van der Waals surface area contributed by atoms with E-state index in [-0.39, 0.29) is 0 Å². The highest BCUT2D eigenvalue weighted by Gasteiger charge is 2.11. The fraction of sp³-hybridized carbons (Fsp3) is 1.00. The second kappa shape index (κ2) is 3.73. The average molecular weight is 240 g/mol. The maximum absolute atomic E-state index is 5.78. The molecule has 1 fully saturated rings. The molecule has 1 atom stereocenters. The van der Waals surface area contributed by atoms with Crippen molar-refractivity contribution in [2.75, 3.05) is 13.1 Å². The van der Waals surface area contributed by atoms with Crippen LogP contribution in [0, 0.1) is 0 Å². The van der Waals surface area contributed by atoms with Gasteiger partial charge in [-0.15, -0.1) is 0 Å². The average Bonchev–Trinajstić information content (AvgIpc) is 1.93. The van der Waals surface area contributed by atoms with E-state index >= 15 is 0 Å². The minimum absolute atomic E-state index is 0.421. The Morgan fingerprint density at radius 3 is 3.00 bits per heavy atom. The van der Waals surface area contributed by atoms with Crippen LogP contribution in [0.4, 0.5) is 0 Å². The van der Waals surface area contributed by atoms with E-state index in [1.807, 2.05) is 0 Å². The fourth-order valence-electron chi connectivity index (χ4n) is 1.13. The molecule has 1 saturated heterocycles. The van der Waals surface area contributed by atoms with E-state index in [2.05, 4.69) is 26.0 Å². The van der Waals surface area contributed by atoms with Crippen molar-refractivity contribution in [3.05, 3.63) is 0 Å². The van der Waals surface area contributed by atoms with E-state index in [0.29, 0.717) is 6.04 Å². The lowest BCUT2D eigenvalue weighted by Gasteiger charge is -2.12. The molecule has 0 amide bonds. The molecule has 3 heteroatoms. The summed E-state index contributed by atoms with van der Waals surface area (Å²) < 4.78 is 2.29. The van der Waals surface area contributed by atoms with Gasteiger partial charge in [0.15, 0.2) is 0 Å². The number of rotatable bonds is 0. The van der Waals surface area contributed by atoms with Crippen LogP contribution in [0.1, 0.15) is 19.3 Å². The lowest BCUT2D eigenvalue weighted by Crippen LogP contribution is -2.29. The van der Waals surface area contributed by atoms with Gasteiger partial charge >= 0.3 is 0 Å². The Morgan fingerprint density at radius 2 is 2.22 bits per heavy atom. The fourth-order valence-corrected chi connectivity index (χ4v) is 1.97. The summed E-state index contributed by atoms with van der Waals surface area (Å²) in [6, 6.07) is 0.421. The van der Waals surface area contributed by atoms with Crippen molar-refractivity contribution in [3.8, 4) is 0 Å². The Labute approximate surface area is 70.3 Å². The van der Waals surface area contributed by atoms with Crippen LogP contribution in [0.5, 0.6) is 0 Å². The third-order valence-corrected chi connectivity index (χ3v) is 2.53. The Hall–Kier alpha value is 0.650. The summed E-state index contributed by atoms with van der Waals surface area (Å²) in [4.78, 5) is 0. The molecule has 1 rings (SSSR count). The number of nitrogens with zero attached hydrogens (tertiary/aromatic N) is 1. The van der Waals surface area contributed by atoms with Crippen LogP contribution >= 0.6 is 22.9 Å². The van der Waals surface area contributed by atoms with Gasteiger partial charge in [-0.25, -0.2) is 3.11 Å². The smallest absolute Gasteiger partial charge is 0.0233 e. The predicted octanol–water partition coefficient (Wildman–Crippen LogP) is 1.15. The molecule has 54 valence electrons. The molecule has 1 aliphatic heterocycles. The van der Waals surface area contributed by atoms with Crippen LogP contribution in [0.15, 0.2) is 0 Å². The van der Waals surface area contributed by atoms with Crippen molar-refractivity contribution in [2.24, 2.45) is 5.73 Å². The molecule has 9 heavy (non-hydrogen) atoms. The molecule has 0 aromatic carbocycles. The van der Waals surface area contributed by atoms with Gasteiger partial charge in [-0.3, -0.25) is 0 Å². The quantitative estimate of drug-likeness (QED) is 0.508. The zero-order chi connectivity index (χ0) is 6.69. The standard InChI is InChI=1S/C6H13IN2/c7-9-4-2-1-3-6(8)5-9/h6H,1-5,8H2. The third-order valence-electron chi connectivity index (χ3n) is 1.66. The van der Waals surface area contributed by atoms with E-state index in [4.69, 9.17) is 5.73 Å². The third kappa shape index (κ3) is 2.82. The van der Waals surface area contributed by atoms with E-state index in [1.165, 1.54) is 25.8 Å². The molecule has 0 radical (unpaired) electrons. The van der Waals surface area contributed by atoms with Crippen molar-refractivity contribution < 1.29 is 0 Å². The van der Waals surface area contributed by atoms with Gasteiger partial charge in [-0.2, -0.15) is 0 Å². The molecule has 0 spiro atoms. The van der Waals surface area contributed by atoms with E-state index in [1.54, 1.807) is 0 Å². The highest BCUT2D eigenvalue weighted by Crippen LogP contribution is 2.11. The molecule has 1 heterocycles. The van der Waals surface area contributed by atoms with Crippen LogP contribution in [0.3, 0.4) is 0 Å². The molecule has 2 nitrogen and oxygen atoms in total. The van der Waals surface area contributed by atoms with Crippen LogP contribution in [0.2, 0.25) is 0 Å². The summed E-state index contributed by atoms with van der Waals surface area (Å²) >= 11 is 2.35. The van der Waals surface area contributed by atoms with Gasteiger partial charge in [-0.05, 0) is 12.8 Å². The van der Waals surface area contributed by atoms with E-state index in [0.717, 1.165) is 6.54 Å². The number of halogens is 1. The minimum atomic E-state index is 0.421. The molecule has 0 aliphatic carbocycles. The van der Waals surface area contributed by atoms with E-state index < -0.39 is 0 Å². The zero-order valence-corrected chi connectivity index (χ0v) is 7.67. The minimum Gasteiger partial charge on any atom is -0.327 e. The zero-order valence-electron chi connectivity index (χ0n) is 5.52. The van der Waals surface area contributed by atoms with Crippen molar-refractivity contribution in [3.63, 3.8) is 0 Å². The molecule has 1 unspecified atom stereocenters. The second-order valence-corrected chi connectivity index (χ2v) is 3.99. The summed E-state index contributed by atoms with van der Waals surface area (Å²) in [6.07, 6.45) is 3.83. The summed E-state index contributed by atoms with van der Waals surface area (Å²) in [6.45, 7) is 2.29. The second-order valence-electron chi connectivity index (χ2n) is 2.62. The predicted molar refractivity (Wildman–Crippen MR) is 47.4 cm³/mol. The van der Waals surface area contributed by atoms with Gasteiger partial charge in [0.1, 0.15) is 0 Å². The summed E-state index contributed by atoms with van der Waals surface area (Å²) in [5, 5.41) is 0. The van der Waals surface area contributed by atoms with E-state index in [9.17, 15) is 0 Å². The highest BCUT2D eigenvalue weighted by molar-refractivity contribution is 14.1. The Kier molecular flexibility index (Phi) is 3.21. The molecule has 2 N–H and O–H groups in total.